The highest BCUT2D eigenvalue weighted by Gasteiger charge is 2.27. The number of hydrogen-bond donors (Lipinski definition) is 0. The van der Waals surface area contributed by atoms with Crippen LogP contribution in [0.15, 0.2) is 42.5 Å². The summed E-state index contributed by atoms with van der Waals surface area (Å²) < 4.78 is 23.8. The molecule has 3 rings (SSSR count). The molecule has 0 fully saturated rings. The van der Waals surface area contributed by atoms with E-state index in [-0.39, 0.29) is 11.5 Å². The molecule has 0 saturated heterocycles. The first-order valence-corrected chi connectivity index (χ1v) is 5.51. The minimum Gasteiger partial charge on any atom is -0.447 e. The van der Waals surface area contributed by atoms with Gasteiger partial charge in [-0.25, -0.2) is 4.39 Å². The molecule has 0 saturated carbocycles. The van der Waals surface area contributed by atoms with Crippen LogP contribution in [0, 0.1) is 15.9 Å². The van der Waals surface area contributed by atoms with Crippen molar-refractivity contribution in [3.63, 3.8) is 0 Å². The molecule has 0 amide bonds. The Bertz CT molecular complexity index is 642. The molecule has 0 spiro atoms. The molecule has 1 aliphatic rings. The Labute approximate surface area is 107 Å². The molecule has 1 unspecified atom stereocenters. The zero-order chi connectivity index (χ0) is 13.4. The Morgan fingerprint density at radius 1 is 1.05 bits per heavy atom. The summed E-state index contributed by atoms with van der Waals surface area (Å²) in [5.41, 5.74) is 0.572. The zero-order valence-electron chi connectivity index (χ0n) is 9.58. The predicted molar refractivity (Wildman–Crippen MR) is 63.5 cm³/mol. The van der Waals surface area contributed by atoms with Crippen LogP contribution in [-0.4, -0.2) is 4.92 Å². The SMILES string of the molecule is O=[N+]([O-])c1ccc2c(c1)OC(c1ccc(F)cc1)O2. The van der Waals surface area contributed by atoms with E-state index < -0.39 is 11.2 Å². The van der Waals surface area contributed by atoms with Gasteiger partial charge in [0.1, 0.15) is 5.82 Å². The van der Waals surface area contributed by atoms with Gasteiger partial charge in [0.25, 0.3) is 12.0 Å². The van der Waals surface area contributed by atoms with Crippen molar-refractivity contribution in [1.29, 1.82) is 0 Å². The van der Waals surface area contributed by atoms with Gasteiger partial charge in [0.05, 0.1) is 11.0 Å². The van der Waals surface area contributed by atoms with Crippen molar-refractivity contribution in [3.05, 3.63) is 64.0 Å². The third-order valence-electron chi connectivity index (χ3n) is 2.75. The van der Waals surface area contributed by atoms with E-state index in [1.165, 1.54) is 30.3 Å². The van der Waals surface area contributed by atoms with Gasteiger partial charge in [0.15, 0.2) is 11.5 Å². The van der Waals surface area contributed by atoms with E-state index in [2.05, 4.69) is 0 Å². The highest BCUT2D eigenvalue weighted by Crippen LogP contribution is 2.42. The number of hydrogen-bond acceptors (Lipinski definition) is 4. The summed E-state index contributed by atoms with van der Waals surface area (Å²) in [5, 5.41) is 10.7. The van der Waals surface area contributed by atoms with E-state index in [4.69, 9.17) is 9.47 Å². The molecule has 5 nitrogen and oxygen atoms in total. The van der Waals surface area contributed by atoms with Crippen LogP contribution in [0.2, 0.25) is 0 Å². The first-order chi connectivity index (χ1) is 9.13. The number of nitro groups is 1. The van der Waals surface area contributed by atoms with Gasteiger partial charge in [-0.2, -0.15) is 0 Å². The number of fused-ring (bicyclic) bond motifs is 1. The molecular formula is C13H8FNO4. The van der Waals surface area contributed by atoms with Gasteiger partial charge in [-0.05, 0) is 30.3 Å². The predicted octanol–water partition coefficient (Wildman–Crippen LogP) is 3.20. The minimum absolute atomic E-state index is 0.0675. The van der Waals surface area contributed by atoms with E-state index in [1.54, 1.807) is 12.1 Å². The van der Waals surface area contributed by atoms with Crippen LogP contribution in [0.25, 0.3) is 0 Å². The minimum atomic E-state index is -0.711. The molecular weight excluding hydrogens is 253 g/mol. The Kier molecular flexibility index (Phi) is 2.56. The Morgan fingerprint density at radius 2 is 1.74 bits per heavy atom. The molecule has 0 N–H and O–H groups in total. The van der Waals surface area contributed by atoms with Crippen molar-refractivity contribution < 1.29 is 18.8 Å². The quantitative estimate of drug-likeness (QED) is 0.615. The number of nitro benzene ring substituents is 1. The lowest BCUT2D eigenvalue weighted by atomic mass is 10.2. The van der Waals surface area contributed by atoms with Gasteiger partial charge in [0.2, 0.25) is 0 Å². The van der Waals surface area contributed by atoms with Crippen LogP contribution in [0.3, 0.4) is 0 Å². The van der Waals surface area contributed by atoms with Crippen molar-refractivity contribution in [1.82, 2.24) is 0 Å². The second-order valence-electron chi connectivity index (χ2n) is 4.01. The number of nitrogens with zero attached hydrogens (tertiary/aromatic N) is 1. The number of rotatable bonds is 2. The monoisotopic (exact) mass is 261 g/mol. The summed E-state index contributed by atoms with van der Waals surface area (Å²) in [7, 11) is 0. The van der Waals surface area contributed by atoms with Crippen molar-refractivity contribution in [2.45, 2.75) is 6.29 Å². The molecule has 1 atom stereocenters. The topological polar surface area (TPSA) is 61.6 Å². The Balaban J connectivity index is 1.87. The molecule has 1 heterocycles. The van der Waals surface area contributed by atoms with Crippen LogP contribution in [-0.2, 0) is 0 Å². The number of halogens is 1. The molecule has 6 heteroatoms. The summed E-state index contributed by atoms with van der Waals surface area (Å²) in [6.45, 7) is 0. The van der Waals surface area contributed by atoms with E-state index in [0.29, 0.717) is 17.1 Å². The summed E-state index contributed by atoms with van der Waals surface area (Å²) in [6.07, 6.45) is -0.711. The summed E-state index contributed by atoms with van der Waals surface area (Å²) >= 11 is 0. The van der Waals surface area contributed by atoms with Gasteiger partial charge in [0, 0.05) is 11.6 Å². The standard InChI is InChI=1S/C13H8FNO4/c14-9-3-1-8(2-4-9)13-18-11-6-5-10(15(16)17)7-12(11)19-13/h1-7,13H. The van der Waals surface area contributed by atoms with E-state index in [0.717, 1.165) is 0 Å². The van der Waals surface area contributed by atoms with Gasteiger partial charge >= 0.3 is 0 Å². The largest absolute Gasteiger partial charge is 0.447 e. The first kappa shape index (κ1) is 11.5. The summed E-state index contributed by atoms with van der Waals surface area (Å²) in [4.78, 5) is 10.2. The number of benzene rings is 2. The van der Waals surface area contributed by atoms with Gasteiger partial charge in [-0.3, -0.25) is 10.1 Å². The van der Waals surface area contributed by atoms with Crippen molar-refractivity contribution in [2.75, 3.05) is 0 Å². The lowest BCUT2D eigenvalue weighted by Gasteiger charge is -2.09. The average Bonchev–Trinajstić information content (AvgIpc) is 2.82. The molecule has 0 aromatic heterocycles. The van der Waals surface area contributed by atoms with Gasteiger partial charge < -0.3 is 9.47 Å². The van der Waals surface area contributed by atoms with Crippen molar-refractivity contribution >= 4 is 5.69 Å². The normalized spacial score (nSPS) is 16.4. The summed E-state index contributed by atoms with van der Waals surface area (Å²) in [6, 6.07) is 9.81. The Morgan fingerprint density at radius 3 is 2.42 bits per heavy atom. The lowest BCUT2D eigenvalue weighted by molar-refractivity contribution is -0.384. The number of non-ortho nitro benzene ring substituents is 1. The fourth-order valence-corrected chi connectivity index (χ4v) is 1.81. The second-order valence-corrected chi connectivity index (χ2v) is 4.01. The smallest absolute Gasteiger partial charge is 0.273 e. The van der Waals surface area contributed by atoms with Crippen LogP contribution in [0.4, 0.5) is 10.1 Å². The van der Waals surface area contributed by atoms with Gasteiger partial charge in [-0.1, -0.05) is 0 Å². The Hall–Kier alpha value is -2.63. The first-order valence-electron chi connectivity index (χ1n) is 5.51. The third kappa shape index (κ3) is 2.08. The number of ether oxygens (including phenoxy) is 2. The third-order valence-corrected chi connectivity index (χ3v) is 2.75. The summed E-state index contributed by atoms with van der Waals surface area (Å²) in [5.74, 6) is 0.387. The molecule has 96 valence electrons. The van der Waals surface area contributed by atoms with E-state index in [1.807, 2.05) is 0 Å². The van der Waals surface area contributed by atoms with Crippen LogP contribution < -0.4 is 9.47 Å². The molecule has 0 aliphatic carbocycles. The highest BCUT2D eigenvalue weighted by molar-refractivity contribution is 5.50. The average molecular weight is 261 g/mol. The zero-order valence-corrected chi connectivity index (χ0v) is 9.58. The molecule has 2 aromatic rings. The molecule has 0 bridgehead atoms. The maximum absolute atomic E-state index is 12.8. The maximum Gasteiger partial charge on any atom is 0.273 e. The second kappa shape index (κ2) is 4.24. The van der Waals surface area contributed by atoms with Crippen molar-refractivity contribution in [2.24, 2.45) is 0 Å². The fourth-order valence-electron chi connectivity index (χ4n) is 1.81. The van der Waals surface area contributed by atoms with Gasteiger partial charge in [-0.15, -0.1) is 0 Å². The van der Waals surface area contributed by atoms with Crippen LogP contribution >= 0.6 is 0 Å². The molecule has 0 radical (unpaired) electrons. The lowest BCUT2D eigenvalue weighted by Crippen LogP contribution is -2.07. The van der Waals surface area contributed by atoms with Crippen LogP contribution in [0.5, 0.6) is 11.5 Å². The van der Waals surface area contributed by atoms with Crippen LogP contribution in [0.1, 0.15) is 11.9 Å². The maximum atomic E-state index is 12.8. The van der Waals surface area contributed by atoms with E-state index in [9.17, 15) is 14.5 Å². The highest BCUT2D eigenvalue weighted by atomic mass is 19.1. The molecule has 19 heavy (non-hydrogen) atoms. The fraction of sp³-hybridized carbons (Fsp3) is 0.0769. The van der Waals surface area contributed by atoms with E-state index >= 15 is 0 Å². The molecule has 2 aromatic carbocycles. The van der Waals surface area contributed by atoms with Crippen molar-refractivity contribution in [3.8, 4) is 11.5 Å². The molecule has 1 aliphatic heterocycles.